The first-order valence-electron chi connectivity index (χ1n) is 10.1. The fourth-order valence-corrected chi connectivity index (χ4v) is 3.40. The highest BCUT2D eigenvalue weighted by atomic mass is 16.5. The average molecular weight is 396 g/mol. The predicted molar refractivity (Wildman–Crippen MR) is 113 cm³/mol. The van der Waals surface area contributed by atoms with Crippen LogP contribution in [-0.2, 0) is 17.9 Å². The number of piperazine rings is 1. The van der Waals surface area contributed by atoms with Gasteiger partial charge in [-0.05, 0) is 42.3 Å². The van der Waals surface area contributed by atoms with E-state index >= 15 is 0 Å². The molecule has 1 aliphatic rings. The van der Waals surface area contributed by atoms with E-state index in [-0.39, 0.29) is 11.8 Å². The lowest BCUT2D eigenvalue weighted by molar-refractivity contribution is -0.119. The van der Waals surface area contributed by atoms with Gasteiger partial charge in [0, 0.05) is 51.8 Å². The van der Waals surface area contributed by atoms with Gasteiger partial charge in [-0.2, -0.15) is 0 Å². The minimum Gasteiger partial charge on any atom is -0.494 e. The van der Waals surface area contributed by atoms with Gasteiger partial charge < -0.3 is 15.0 Å². The van der Waals surface area contributed by atoms with Crippen LogP contribution in [-0.4, -0.2) is 54.4 Å². The molecule has 3 rings (SSSR count). The maximum absolute atomic E-state index is 12.8. The number of carbonyl (C=O) groups is 2. The summed E-state index contributed by atoms with van der Waals surface area (Å²) in [6.45, 7) is 8.68. The van der Waals surface area contributed by atoms with Crippen molar-refractivity contribution in [2.24, 2.45) is 0 Å². The summed E-state index contributed by atoms with van der Waals surface area (Å²) in [7, 11) is 0. The number of carbonyl (C=O) groups excluding carboxylic acids is 2. The first-order valence-corrected chi connectivity index (χ1v) is 10.1. The molecule has 1 N–H and O–H groups in total. The van der Waals surface area contributed by atoms with Crippen molar-refractivity contribution in [3.63, 3.8) is 0 Å². The molecule has 2 aromatic rings. The van der Waals surface area contributed by atoms with E-state index in [9.17, 15) is 9.59 Å². The second kappa shape index (κ2) is 10.1. The Balaban J connectivity index is 1.48. The molecule has 154 valence electrons. The lowest BCUT2D eigenvalue weighted by Gasteiger charge is -2.34. The van der Waals surface area contributed by atoms with Gasteiger partial charge in [0.25, 0.3) is 5.91 Å². The smallest absolute Gasteiger partial charge is 0.253 e. The molecule has 2 aromatic carbocycles. The van der Waals surface area contributed by atoms with Crippen LogP contribution in [0.1, 0.15) is 35.3 Å². The second-order valence-corrected chi connectivity index (χ2v) is 7.25. The van der Waals surface area contributed by atoms with Crippen LogP contribution in [0.3, 0.4) is 0 Å². The Bertz CT molecular complexity index is 810. The van der Waals surface area contributed by atoms with Crippen LogP contribution in [0.4, 0.5) is 0 Å². The van der Waals surface area contributed by atoms with E-state index < -0.39 is 0 Å². The van der Waals surface area contributed by atoms with Crippen LogP contribution < -0.4 is 10.1 Å². The molecule has 1 fully saturated rings. The molecule has 0 saturated carbocycles. The minimum atomic E-state index is -0.0618. The van der Waals surface area contributed by atoms with E-state index in [0.717, 1.165) is 44.0 Å². The Morgan fingerprint density at radius 3 is 2.14 bits per heavy atom. The summed E-state index contributed by atoms with van der Waals surface area (Å²) < 4.78 is 5.49. The average Bonchev–Trinajstić information content (AvgIpc) is 2.74. The van der Waals surface area contributed by atoms with Gasteiger partial charge in [0.15, 0.2) is 0 Å². The van der Waals surface area contributed by atoms with E-state index in [4.69, 9.17) is 4.74 Å². The molecular weight excluding hydrogens is 366 g/mol. The zero-order chi connectivity index (χ0) is 20.6. The Hall–Kier alpha value is -2.86. The van der Waals surface area contributed by atoms with E-state index in [1.807, 2.05) is 48.2 Å². The molecule has 0 aliphatic carbocycles. The van der Waals surface area contributed by atoms with Gasteiger partial charge in [0.2, 0.25) is 5.91 Å². The van der Waals surface area contributed by atoms with E-state index in [1.54, 1.807) is 0 Å². The molecule has 1 saturated heterocycles. The van der Waals surface area contributed by atoms with Gasteiger partial charge >= 0.3 is 0 Å². The molecule has 0 bridgehead atoms. The molecule has 0 aromatic heterocycles. The van der Waals surface area contributed by atoms with Crippen LogP contribution in [0.5, 0.6) is 5.75 Å². The number of nitrogens with zero attached hydrogens (tertiary/aromatic N) is 2. The molecule has 0 radical (unpaired) electrons. The highest BCUT2D eigenvalue weighted by molar-refractivity contribution is 5.94. The summed E-state index contributed by atoms with van der Waals surface area (Å²) in [6.07, 6.45) is 0. The standard InChI is InChI=1S/C23H29N3O3/c1-3-29-22-10-6-20(7-11-22)17-25-12-14-26(15-13-25)23(28)21-8-4-19(5-9-21)16-24-18(2)27/h4-11H,3,12-17H2,1-2H3,(H,24,27). The lowest BCUT2D eigenvalue weighted by atomic mass is 10.1. The molecule has 0 spiro atoms. The van der Waals surface area contributed by atoms with Crippen molar-refractivity contribution in [3.05, 3.63) is 65.2 Å². The van der Waals surface area contributed by atoms with Crippen molar-refractivity contribution in [2.45, 2.75) is 26.9 Å². The van der Waals surface area contributed by atoms with E-state index in [0.29, 0.717) is 18.7 Å². The van der Waals surface area contributed by atoms with Crippen molar-refractivity contribution in [3.8, 4) is 5.75 Å². The van der Waals surface area contributed by atoms with Crippen molar-refractivity contribution < 1.29 is 14.3 Å². The van der Waals surface area contributed by atoms with Gasteiger partial charge in [-0.15, -0.1) is 0 Å². The van der Waals surface area contributed by atoms with Crippen molar-refractivity contribution >= 4 is 11.8 Å². The SMILES string of the molecule is CCOc1ccc(CN2CCN(C(=O)c3ccc(CNC(C)=O)cc3)CC2)cc1. The summed E-state index contributed by atoms with van der Waals surface area (Å²) in [5.74, 6) is 0.903. The summed E-state index contributed by atoms with van der Waals surface area (Å²) in [5.41, 5.74) is 2.93. The van der Waals surface area contributed by atoms with Gasteiger partial charge in [-0.3, -0.25) is 14.5 Å². The first kappa shape index (κ1) is 20.9. The van der Waals surface area contributed by atoms with E-state index in [2.05, 4.69) is 22.3 Å². The summed E-state index contributed by atoms with van der Waals surface area (Å²) in [4.78, 5) is 28.1. The van der Waals surface area contributed by atoms with Crippen molar-refractivity contribution in [2.75, 3.05) is 32.8 Å². The quantitative estimate of drug-likeness (QED) is 0.783. The summed E-state index contributed by atoms with van der Waals surface area (Å²) >= 11 is 0. The van der Waals surface area contributed by atoms with Crippen molar-refractivity contribution in [1.82, 2.24) is 15.1 Å². The van der Waals surface area contributed by atoms with E-state index in [1.165, 1.54) is 12.5 Å². The topological polar surface area (TPSA) is 61.9 Å². The maximum atomic E-state index is 12.8. The molecule has 6 nitrogen and oxygen atoms in total. The minimum absolute atomic E-state index is 0.0618. The Labute approximate surface area is 172 Å². The third-order valence-corrected chi connectivity index (χ3v) is 5.04. The largest absolute Gasteiger partial charge is 0.494 e. The van der Waals surface area contributed by atoms with Crippen LogP contribution in [0.25, 0.3) is 0 Å². The highest BCUT2D eigenvalue weighted by Crippen LogP contribution is 2.16. The molecule has 0 atom stereocenters. The van der Waals surface area contributed by atoms with Crippen LogP contribution in [0.2, 0.25) is 0 Å². The third kappa shape index (κ3) is 6.06. The lowest BCUT2D eigenvalue weighted by Crippen LogP contribution is -2.48. The third-order valence-electron chi connectivity index (χ3n) is 5.04. The molecular formula is C23H29N3O3. The van der Waals surface area contributed by atoms with Gasteiger partial charge in [-0.25, -0.2) is 0 Å². The number of amides is 2. The molecule has 1 heterocycles. The molecule has 6 heteroatoms. The zero-order valence-electron chi connectivity index (χ0n) is 17.2. The Kier molecular flexibility index (Phi) is 7.25. The second-order valence-electron chi connectivity index (χ2n) is 7.25. The maximum Gasteiger partial charge on any atom is 0.253 e. The predicted octanol–water partition coefficient (Wildman–Crippen LogP) is 2.68. The molecule has 0 unspecified atom stereocenters. The molecule has 1 aliphatic heterocycles. The number of hydrogen-bond acceptors (Lipinski definition) is 4. The van der Waals surface area contributed by atoms with Crippen molar-refractivity contribution in [1.29, 1.82) is 0 Å². The summed E-state index contributed by atoms with van der Waals surface area (Å²) in [5, 5.41) is 2.76. The number of ether oxygens (including phenoxy) is 1. The van der Waals surface area contributed by atoms with Gasteiger partial charge in [0.05, 0.1) is 6.61 Å². The number of hydrogen-bond donors (Lipinski definition) is 1. The monoisotopic (exact) mass is 395 g/mol. The Morgan fingerprint density at radius 2 is 1.55 bits per heavy atom. The van der Waals surface area contributed by atoms with Crippen LogP contribution >= 0.6 is 0 Å². The normalized spacial score (nSPS) is 14.5. The number of rotatable bonds is 7. The summed E-state index contributed by atoms with van der Waals surface area (Å²) in [6, 6.07) is 15.7. The molecule has 2 amide bonds. The van der Waals surface area contributed by atoms with Crippen LogP contribution in [0, 0.1) is 0 Å². The fraction of sp³-hybridized carbons (Fsp3) is 0.391. The molecule has 29 heavy (non-hydrogen) atoms. The van der Waals surface area contributed by atoms with Gasteiger partial charge in [-0.1, -0.05) is 24.3 Å². The number of nitrogens with one attached hydrogen (secondary N) is 1. The number of benzene rings is 2. The zero-order valence-corrected chi connectivity index (χ0v) is 17.2. The first-order chi connectivity index (χ1) is 14.0. The fourth-order valence-electron chi connectivity index (χ4n) is 3.40. The highest BCUT2D eigenvalue weighted by Gasteiger charge is 2.22. The Morgan fingerprint density at radius 1 is 0.931 bits per heavy atom. The van der Waals surface area contributed by atoms with Crippen LogP contribution in [0.15, 0.2) is 48.5 Å². The van der Waals surface area contributed by atoms with Gasteiger partial charge in [0.1, 0.15) is 5.75 Å².